The van der Waals surface area contributed by atoms with Gasteiger partial charge in [0.05, 0.1) is 11.3 Å². The molecule has 6 heteroatoms. The summed E-state index contributed by atoms with van der Waals surface area (Å²) < 4.78 is 0. The van der Waals surface area contributed by atoms with Gasteiger partial charge in [-0.2, -0.15) is 0 Å². The van der Waals surface area contributed by atoms with Crippen molar-refractivity contribution in [1.82, 2.24) is 4.90 Å². The van der Waals surface area contributed by atoms with Gasteiger partial charge in [-0.05, 0) is 50.0 Å². The molecule has 180 valence electrons. The Morgan fingerprint density at radius 3 is 2.20 bits per heavy atom. The Bertz CT molecular complexity index is 1230. The molecule has 0 aliphatic carbocycles. The van der Waals surface area contributed by atoms with Gasteiger partial charge >= 0.3 is 0 Å². The quantitative estimate of drug-likeness (QED) is 0.448. The van der Waals surface area contributed by atoms with E-state index < -0.39 is 0 Å². The van der Waals surface area contributed by atoms with Crippen LogP contribution in [0.5, 0.6) is 0 Å². The average molecular weight is 469 g/mol. The normalized spacial score (nSPS) is 14.1. The lowest BCUT2D eigenvalue weighted by molar-refractivity contribution is -0.121. The Morgan fingerprint density at radius 1 is 0.886 bits per heavy atom. The van der Waals surface area contributed by atoms with Crippen LogP contribution in [0.1, 0.15) is 25.0 Å². The molecule has 2 amide bonds. The molecule has 4 rings (SSSR count). The fourth-order valence-corrected chi connectivity index (χ4v) is 4.10. The number of anilines is 3. The highest BCUT2D eigenvalue weighted by molar-refractivity contribution is 6.37. The van der Waals surface area contributed by atoms with Crippen LogP contribution in [-0.2, 0) is 9.59 Å². The third kappa shape index (κ3) is 5.44. The molecule has 1 aliphatic heterocycles. The van der Waals surface area contributed by atoms with Crippen LogP contribution in [0.2, 0.25) is 0 Å². The van der Waals surface area contributed by atoms with Crippen LogP contribution in [0.4, 0.5) is 17.1 Å². The Morgan fingerprint density at radius 2 is 1.54 bits per heavy atom. The van der Waals surface area contributed by atoms with E-state index in [-0.39, 0.29) is 17.7 Å². The van der Waals surface area contributed by atoms with E-state index in [9.17, 15) is 9.59 Å². The van der Waals surface area contributed by atoms with Gasteiger partial charge in [0, 0.05) is 41.6 Å². The van der Waals surface area contributed by atoms with Crippen LogP contribution in [-0.4, -0.2) is 43.9 Å². The Labute approximate surface area is 207 Å². The van der Waals surface area contributed by atoms with Crippen LogP contribution < -0.4 is 15.5 Å². The van der Waals surface area contributed by atoms with E-state index in [2.05, 4.69) is 15.5 Å². The van der Waals surface area contributed by atoms with Gasteiger partial charge in [0.15, 0.2) is 0 Å². The topological polar surface area (TPSA) is 64.7 Å². The first-order valence-electron chi connectivity index (χ1n) is 11.9. The summed E-state index contributed by atoms with van der Waals surface area (Å²) >= 11 is 0. The highest BCUT2D eigenvalue weighted by Crippen LogP contribution is 2.37. The first-order chi connectivity index (χ1) is 16.8. The molecule has 2 N–H and O–H groups in total. The fourth-order valence-electron chi connectivity index (χ4n) is 4.10. The number of nitrogens with zero attached hydrogens (tertiary/aromatic N) is 2. The number of carbonyl (C=O) groups is 2. The van der Waals surface area contributed by atoms with Crippen molar-refractivity contribution in [3.63, 3.8) is 0 Å². The van der Waals surface area contributed by atoms with Gasteiger partial charge in [-0.15, -0.1) is 0 Å². The molecule has 0 unspecified atom stereocenters. The summed E-state index contributed by atoms with van der Waals surface area (Å²) in [6.07, 6.45) is 0. The molecular formula is C29H32N4O2. The molecule has 0 bridgehead atoms. The third-order valence-corrected chi connectivity index (χ3v) is 5.96. The van der Waals surface area contributed by atoms with Crippen LogP contribution >= 0.6 is 0 Å². The Hall–Kier alpha value is -3.90. The fraction of sp³-hybridized carbons (Fsp3) is 0.241. The molecule has 35 heavy (non-hydrogen) atoms. The highest BCUT2D eigenvalue weighted by Gasteiger charge is 2.28. The second-order valence-corrected chi connectivity index (χ2v) is 9.24. The van der Waals surface area contributed by atoms with Crippen molar-refractivity contribution in [2.24, 2.45) is 5.92 Å². The number of para-hydroxylation sites is 1. The summed E-state index contributed by atoms with van der Waals surface area (Å²) in [5, 5.41) is 6.45. The molecule has 0 aromatic heterocycles. The largest absolute Gasteiger partial charge is 0.354 e. The molecule has 0 radical (unpaired) electrons. The van der Waals surface area contributed by atoms with Crippen LogP contribution in [0.3, 0.4) is 0 Å². The molecule has 0 fully saturated rings. The number of fused-ring (bicyclic) bond motifs is 1. The molecule has 0 spiro atoms. The van der Waals surface area contributed by atoms with Crippen LogP contribution in [0.15, 0.2) is 78.9 Å². The third-order valence-electron chi connectivity index (χ3n) is 5.96. The maximum atomic E-state index is 13.0. The minimum Gasteiger partial charge on any atom is -0.354 e. The molecule has 0 saturated heterocycles. The standard InChI is InChI=1S/C29H32N4O2/c1-20(2)29(35)33(19-18-32(3)4)23-16-14-22(15-17-23)30-27(21-10-6-5-7-11-21)26-24-12-8-9-13-25(24)31-28(26)34/h5-17,20,30H,18-19H2,1-4H3,(H,31,34)/b27-26-. The summed E-state index contributed by atoms with van der Waals surface area (Å²) in [6, 6.07) is 25.4. The zero-order valence-electron chi connectivity index (χ0n) is 20.7. The SMILES string of the molecule is CC(C)C(=O)N(CCN(C)C)c1ccc(N/C(=C2\C(=O)Nc3ccccc32)c2ccccc2)cc1. The van der Waals surface area contributed by atoms with Gasteiger partial charge in [-0.1, -0.05) is 62.4 Å². The molecule has 3 aromatic carbocycles. The number of nitrogens with one attached hydrogen (secondary N) is 2. The van der Waals surface area contributed by atoms with Gasteiger partial charge < -0.3 is 20.4 Å². The van der Waals surface area contributed by atoms with Gasteiger partial charge in [0.1, 0.15) is 0 Å². The van der Waals surface area contributed by atoms with E-state index in [1.54, 1.807) is 0 Å². The first kappa shape index (κ1) is 24.2. The predicted molar refractivity (Wildman–Crippen MR) is 144 cm³/mol. The maximum absolute atomic E-state index is 13.0. The first-order valence-corrected chi connectivity index (χ1v) is 11.9. The minimum absolute atomic E-state index is 0.0923. The molecule has 1 heterocycles. The van der Waals surface area contributed by atoms with E-state index in [0.29, 0.717) is 12.1 Å². The average Bonchev–Trinajstić information content (AvgIpc) is 3.19. The number of likely N-dealkylation sites (N-methyl/N-ethyl adjacent to an activating group) is 1. The van der Waals surface area contributed by atoms with Crippen molar-refractivity contribution in [3.05, 3.63) is 90.0 Å². The summed E-state index contributed by atoms with van der Waals surface area (Å²) in [5.74, 6) is -0.129. The van der Waals surface area contributed by atoms with Crippen molar-refractivity contribution in [2.45, 2.75) is 13.8 Å². The van der Waals surface area contributed by atoms with Gasteiger partial charge in [0.2, 0.25) is 5.91 Å². The second-order valence-electron chi connectivity index (χ2n) is 9.24. The maximum Gasteiger partial charge on any atom is 0.258 e. The number of rotatable bonds is 8. The zero-order chi connectivity index (χ0) is 24.9. The van der Waals surface area contributed by atoms with Crippen LogP contribution in [0.25, 0.3) is 11.3 Å². The number of hydrogen-bond donors (Lipinski definition) is 2. The van der Waals surface area contributed by atoms with Crippen molar-refractivity contribution in [3.8, 4) is 0 Å². The van der Waals surface area contributed by atoms with Crippen LogP contribution in [0, 0.1) is 5.92 Å². The van der Waals surface area contributed by atoms with Gasteiger partial charge in [0.25, 0.3) is 5.91 Å². The van der Waals surface area contributed by atoms with E-state index in [1.807, 2.05) is 112 Å². The Kier molecular flexibility index (Phi) is 7.32. The lowest BCUT2D eigenvalue weighted by atomic mass is 10.00. The molecule has 0 saturated carbocycles. The van der Waals surface area contributed by atoms with Crippen molar-refractivity contribution in [1.29, 1.82) is 0 Å². The zero-order valence-corrected chi connectivity index (χ0v) is 20.7. The number of hydrogen-bond acceptors (Lipinski definition) is 4. The van der Waals surface area contributed by atoms with Crippen molar-refractivity contribution >= 4 is 40.1 Å². The smallest absolute Gasteiger partial charge is 0.258 e. The second kappa shape index (κ2) is 10.6. The van der Waals surface area contributed by atoms with Gasteiger partial charge in [-0.3, -0.25) is 9.59 Å². The number of amides is 2. The van der Waals surface area contributed by atoms with E-state index in [1.165, 1.54) is 0 Å². The molecular weight excluding hydrogens is 436 g/mol. The Balaban J connectivity index is 1.69. The molecule has 6 nitrogen and oxygen atoms in total. The van der Waals surface area contributed by atoms with Gasteiger partial charge in [-0.25, -0.2) is 0 Å². The monoisotopic (exact) mass is 468 g/mol. The number of carbonyl (C=O) groups excluding carboxylic acids is 2. The highest BCUT2D eigenvalue weighted by atomic mass is 16.2. The minimum atomic E-state index is -0.133. The predicted octanol–water partition coefficient (Wildman–Crippen LogP) is 5.17. The molecule has 0 atom stereocenters. The summed E-state index contributed by atoms with van der Waals surface area (Å²) in [7, 11) is 4.00. The summed E-state index contributed by atoms with van der Waals surface area (Å²) in [6.45, 7) is 5.23. The molecule has 1 aliphatic rings. The summed E-state index contributed by atoms with van der Waals surface area (Å²) in [5.41, 5.74) is 5.64. The number of benzene rings is 3. The molecule has 3 aromatic rings. The van der Waals surface area contributed by atoms with Crippen molar-refractivity contribution < 1.29 is 9.59 Å². The van der Waals surface area contributed by atoms with E-state index in [0.717, 1.165) is 40.4 Å². The lowest BCUT2D eigenvalue weighted by Crippen LogP contribution is -2.39. The van der Waals surface area contributed by atoms with Crippen molar-refractivity contribution in [2.75, 3.05) is 42.7 Å². The summed E-state index contributed by atoms with van der Waals surface area (Å²) in [4.78, 5) is 29.8. The van der Waals surface area contributed by atoms with E-state index >= 15 is 0 Å². The lowest BCUT2D eigenvalue weighted by Gasteiger charge is -2.26. The van der Waals surface area contributed by atoms with E-state index in [4.69, 9.17) is 0 Å².